The predicted molar refractivity (Wildman–Crippen MR) is 129 cm³/mol. The van der Waals surface area contributed by atoms with E-state index in [1.807, 2.05) is 0 Å². The minimum atomic E-state index is -1.01. The van der Waals surface area contributed by atoms with Crippen LogP contribution in [-0.4, -0.2) is 72.7 Å². The van der Waals surface area contributed by atoms with Gasteiger partial charge in [0.2, 0.25) is 0 Å². The summed E-state index contributed by atoms with van der Waals surface area (Å²) in [6.45, 7) is 9.62. The van der Waals surface area contributed by atoms with Gasteiger partial charge in [-0.15, -0.1) is 0 Å². The molecule has 0 aromatic heterocycles. The molecule has 0 amide bonds. The van der Waals surface area contributed by atoms with E-state index in [1.165, 1.54) is 12.1 Å². The summed E-state index contributed by atoms with van der Waals surface area (Å²) in [4.78, 5) is 47.3. The highest BCUT2D eigenvalue weighted by molar-refractivity contribution is 6.03. The molecule has 1 rings (SSSR count). The van der Waals surface area contributed by atoms with Crippen molar-refractivity contribution in [3.63, 3.8) is 0 Å². The van der Waals surface area contributed by atoms with Crippen molar-refractivity contribution in [2.24, 2.45) is 11.8 Å². The van der Waals surface area contributed by atoms with Crippen LogP contribution in [0.1, 0.15) is 47.4 Å². The Bertz CT molecular complexity index is 837. The number of ether oxygens (including phenoxy) is 4. The Morgan fingerprint density at radius 1 is 0.722 bits per heavy atom. The fraction of sp³-hybridized carbons (Fsp3) is 0.462. The number of hydrogen-bond donors (Lipinski definition) is 2. The fourth-order valence-corrected chi connectivity index (χ4v) is 3.11. The molecule has 36 heavy (non-hydrogen) atoms. The topological polar surface area (TPSA) is 146 Å². The number of benzene rings is 1. The lowest BCUT2D eigenvalue weighted by Gasteiger charge is -2.17. The van der Waals surface area contributed by atoms with Crippen molar-refractivity contribution in [3.8, 4) is 0 Å². The van der Waals surface area contributed by atoms with E-state index in [9.17, 15) is 29.4 Å². The summed E-state index contributed by atoms with van der Waals surface area (Å²) < 4.78 is 20.1. The number of hydrogen-bond acceptors (Lipinski definition) is 10. The third kappa shape index (κ3) is 11.8. The van der Waals surface area contributed by atoms with Gasteiger partial charge in [0.25, 0.3) is 0 Å². The van der Waals surface area contributed by atoms with Gasteiger partial charge in [-0.05, 0) is 36.8 Å². The Hall–Kier alpha value is -3.50. The lowest BCUT2D eigenvalue weighted by atomic mass is 10.0. The van der Waals surface area contributed by atoms with Crippen LogP contribution in [0.5, 0.6) is 0 Å². The van der Waals surface area contributed by atoms with Crippen molar-refractivity contribution in [3.05, 3.63) is 60.7 Å². The Kier molecular flexibility index (Phi) is 13.8. The lowest BCUT2D eigenvalue weighted by Crippen LogP contribution is -2.25. The van der Waals surface area contributed by atoms with E-state index >= 15 is 0 Å². The van der Waals surface area contributed by atoms with Gasteiger partial charge in [-0.25, -0.2) is 19.2 Å². The summed E-state index contributed by atoms with van der Waals surface area (Å²) in [6.07, 6.45) is 0.494. The second-order valence-corrected chi connectivity index (χ2v) is 8.40. The van der Waals surface area contributed by atoms with Crippen molar-refractivity contribution < 1.29 is 48.3 Å². The zero-order valence-corrected chi connectivity index (χ0v) is 20.6. The van der Waals surface area contributed by atoms with Gasteiger partial charge in [0.15, 0.2) is 0 Å². The zero-order chi connectivity index (χ0) is 27.1. The first-order chi connectivity index (χ1) is 17.1. The summed E-state index contributed by atoms with van der Waals surface area (Å²) in [5.41, 5.74) is -0.108. The van der Waals surface area contributed by atoms with Crippen molar-refractivity contribution in [1.29, 1.82) is 0 Å². The van der Waals surface area contributed by atoms with Crippen LogP contribution >= 0.6 is 0 Å². The Balaban J connectivity index is 2.56. The Morgan fingerprint density at radius 3 is 1.42 bits per heavy atom. The highest BCUT2D eigenvalue weighted by Gasteiger charge is 2.22. The number of esters is 4. The van der Waals surface area contributed by atoms with Crippen LogP contribution in [0.15, 0.2) is 49.6 Å². The summed E-state index contributed by atoms with van der Waals surface area (Å²) in [6, 6.07) is 5.85. The SMILES string of the molecule is C=CC(=O)OCC(C)CC(O)COC(=O)c1ccccc1C(=O)OCC(O)CC(C)COC(=O)C=C. The van der Waals surface area contributed by atoms with Gasteiger partial charge in [-0.3, -0.25) is 0 Å². The van der Waals surface area contributed by atoms with E-state index in [2.05, 4.69) is 13.2 Å². The molecule has 2 N–H and O–H groups in total. The minimum absolute atomic E-state index is 0.0538. The molecule has 1 aromatic rings. The molecule has 0 saturated carbocycles. The highest BCUT2D eigenvalue weighted by Crippen LogP contribution is 2.15. The maximum absolute atomic E-state index is 12.5. The molecule has 0 aliphatic rings. The summed E-state index contributed by atoms with van der Waals surface area (Å²) in [5, 5.41) is 20.3. The third-order valence-electron chi connectivity index (χ3n) is 4.88. The van der Waals surface area contributed by atoms with Gasteiger partial charge in [0, 0.05) is 12.2 Å². The van der Waals surface area contributed by atoms with Crippen molar-refractivity contribution in [2.45, 2.75) is 38.9 Å². The quantitative estimate of drug-likeness (QED) is 0.194. The van der Waals surface area contributed by atoms with Gasteiger partial charge in [0.05, 0.1) is 36.5 Å². The highest BCUT2D eigenvalue weighted by atomic mass is 16.6. The Labute approximate surface area is 210 Å². The lowest BCUT2D eigenvalue weighted by molar-refractivity contribution is -0.140. The van der Waals surface area contributed by atoms with E-state index in [1.54, 1.807) is 26.0 Å². The Morgan fingerprint density at radius 2 is 1.08 bits per heavy atom. The molecule has 4 unspecified atom stereocenters. The smallest absolute Gasteiger partial charge is 0.339 e. The van der Waals surface area contributed by atoms with Gasteiger partial charge >= 0.3 is 23.9 Å². The second-order valence-electron chi connectivity index (χ2n) is 8.40. The first-order valence-electron chi connectivity index (χ1n) is 11.4. The van der Waals surface area contributed by atoms with Gasteiger partial charge < -0.3 is 29.2 Å². The molecular formula is C26H34O10. The van der Waals surface area contributed by atoms with Crippen LogP contribution in [0.2, 0.25) is 0 Å². The zero-order valence-electron chi connectivity index (χ0n) is 20.6. The largest absolute Gasteiger partial charge is 0.462 e. The summed E-state index contributed by atoms with van der Waals surface area (Å²) >= 11 is 0. The molecule has 0 saturated heterocycles. The predicted octanol–water partition coefficient (Wildman–Crippen LogP) is 2.23. The van der Waals surface area contributed by atoms with Crippen molar-refractivity contribution in [1.82, 2.24) is 0 Å². The normalized spacial score (nSPS) is 13.9. The van der Waals surface area contributed by atoms with E-state index in [-0.39, 0.29) is 62.2 Å². The first-order valence-corrected chi connectivity index (χ1v) is 11.4. The number of aliphatic hydroxyl groups excluding tert-OH is 2. The molecule has 0 heterocycles. The van der Waals surface area contributed by atoms with Crippen LogP contribution in [0, 0.1) is 11.8 Å². The number of carbonyl (C=O) groups is 4. The van der Waals surface area contributed by atoms with Crippen LogP contribution < -0.4 is 0 Å². The molecule has 0 aliphatic carbocycles. The molecule has 10 heteroatoms. The van der Waals surface area contributed by atoms with Crippen molar-refractivity contribution in [2.75, 3.05) is 26.4 Å². The maximum atomic E-state index is 12.5. The molecule has 198 valence electrons. The maximum Gasteiger partial charge on any atom is 0.339 e. The van der Waals surface area contributed by atoms with E-state index in [4.69, 9.17) is 18.9 Å². The van der Waals surface area contributed by atoms with Crippen LogP contribution in [0.3, 0.4) is 0 Å². The summed E-state index contributed by atoms with van der Waals surface area (Å²) in [7, 11) is 0. The average molecular weight is 507 g/mol. The molecule has 4 atom stereocenters. The van der Waals surface area contributed by atoms with Gasteiger partial charge in [0.1, 0.15) is 13.2 Å². The fourth-order valence-electron chi connectivity index (χ4n) is 3.11. The van der Waals surface area contributed by atoms with Crippen LogP contribution in [0.4, 0.5) is 0 Å². The number of carbonyl (C=O) groups excluding carboxylic acids is 4. The van der Waals surface area contributed by atoms with Crippen LogP contribution in [0.25, 0.3) is 0 Å². The first kappa shape index (κ1) is 30.5. The average Bonchev–Trinajstić information content (AvgIpc) is 2.87. The molecule has 0 radical (unpaired) electrons. The third-order valence-corrected chi connectivity index (χ3v) is 4.88. The second kappa shape index (κ2) is 16.2. The molecular weight excluding hydrogens is 472 g/mol. The molecule has 10 nitrogen and oxygen atoms in total. The number of aliphatic hydroxyl groups is 2. The van der Waals surface area contributed by atoms with Gasteiger partial charge in [-0.1, -0.05) is 39.1 Å². The minimum Gasteiger partial charge on any atom is -0.462 e. The monoisotopic (exact) mass is 506 g/mol. The molecule has 1 aromatic carbocycles. The van der Waals surface area contributed by atoms with Gasteiger partial charge in [-0.2, -0.15) is 0 Å². The van der Waals surface area contributed by atoms with Crippen LogP contribution in [-0.2, 0) is 28.5 Å². The molecule has 0 spiro atoms. The number of rotatable bonds is 16. The molecule has 0 aliphatic heterocycles. The van der Waals surface area contributed by atoms with E-state index in [0.717, 1.165) is 12.2 Å². The van der Waals surface area contributed by atoms with Crippen molar-refractivity contribution >= 4 is 23.9 Å². The molecule has 0 fully saturated rings. The van der Waals surface area contributed by atoms with E-state index < -0.39 is 36.1 Å². The standard InChI is InChI=1S/C26H34O10/c1-5-23(29)33-13-17(3)11-19(27)15-35-25(31)21-9-7-8-10-22(21)26(32)36-16-20(28)12-18(4)14-34-24(30)6-2/h5-10,17-20,27-28H,1-2,11-16H2,3-4H3. The van der Waals surface area contributed by atoms with E-state index in [0.29, 0.717) is 0 Å². The molecule has 0 bridgehead atoms. The summed E-state index contributed by atoms with van der Waals surface area (Å²) in [5.74, 6) is -3.16.